The minimum absolute atomic E-state index is 0.0982. The number of nitrogens with one attached hydrogen (secondary N) is 1. The van der Waals surface area contributed by atoms with Crippen molar-refractivity contribution in [2.24, 2.45) is 5.92 Å². The van der Waals surface area contributed by atoms with E-state index in [1.807, 2.05) is 12.1 Å². The van der Waals surface area contributed by atoms with Crippen LogP contribution in [-0.2, 0) is 4.74 Å². The third-order valence-electron chi connectivity index (χ3n) is 3.64. The van der Waals surface area contributed by atoms with Gasteiger partial charge in [0.1, 0.15) is 5.82 Å². The molecule has 0 bridgehead atoms. The highest BCUT2D eigenvalue weighted by Crippen LogP contribution is 2.25. The quantitative estimate of drug-likeness (QED) is 0.696. The summed E-state index contributed by atoms with van der Waals surface area (Å²) in [6.45, 7) is 6.60. The molecule has 1 aliphatic carbocycles. The molecule has 0 aromatic heterocycles. The average molecular weight is 279 g/mol. The Morgan fingerprint density at radius 3 is 2.70 bits per heavy atom. The van der Waals surface area contributed by atoms with Gasteiger partial charge in [-0.3, -0.25) is 0 Å². The SMILES string of the molecule is CC(C)COCCC(CNC1CC1)c1ccccc1F. The van der Waals surface area contributed by atoms with Crippen molar-refractivity contribution in [3.63, 3.8) is 0 Å². The van der Waals surface area contributed by atoms with E-state index in [0.717, 1.165) is 25.1 Å². The Kier molecular flexibility index (Phi) is 5.99. The van der Waals surface area contributed by atoms with Crippen LogP contribution in [0.1, 0.15) is 44.6 Å². The highest BCUT2D eigenvalue weighted by Gasteiger charge is 2.23. The van der Waals surface area contributed by atoms with Gasteiger partial charge >= 0.3 is 0 Å². The predicted octanol–water partition coefficient (Wildman–Crippen LogP) is 3.72. The second-order valence-electron chi connectivity index (χ2n) is 6.16. The first-order chi connectivity index (χ1) is 9.66. The summed E-state index contributed by atoms with van der Waals surface area (Å²) < 4.78 is 19.6. The second-order valence-corrected chi connectivity index (χ2v) is 6.16. The highest BCUT2D eigenvalue weighted by atomic mass is 19.1. The second kappa shape index (κ2) is 7.75. The molecule has 2 rings (SSSR count). The first-order valence-electron chi connectivity index (χ1n) is 7.72. The van der Waals surface area contributed by atoms with Gasteiger partial charge in [0, 0.05) is 31.7 Å². The number of hydrogen-bond donors (Lipinski definition) is 1. The Balaban J connectivity index is 1.87. The van der Waals surface area contributed by atoms with E-state index < -0.39 is 0 Å². The van der Waals surface area contributed by atoms with Crippen molar-refractivity contribution in [2.75, 3.05) is 19.8 Å². The topological polar surface area (TPSA) is 21.3 Å². The number of benzene rings is 1. The molecule has 1 aliphatic rings. The molecule has 0 saturated heterocycles. The Labute approximate surface area is 121 Å². The molecule has 0 aliphatic heterocycles. The number of halogens is 1. The van der Waals surface area contributed by atoms with Crippen LogP contribution < -0.4 is 5.32 Å². The van der Waals surface area contributed by atoms with Gasteiger partial charge in [-0.1, -0.05) is 32.0 Å². The number of hydrogen-bond acceptors (Lipinski definition) is 2. The minimum Gasteiger partial charge on any atom is -0.381 e. The monoisotopic (exact) mass is 279 g/mol. The molecular weight excluding hydrogens is 253 g/mol. The van der Waals surface area contributed by atoms with E-state index in [1.165, 1.54) is 12.8 Å². The Morgan fingerprint density at radius 2 is 2.05 bits per heavy atom. The molecule has 1 saturated carbocycles. The number of ether oxygens (including phenoxy) is 1. The molecule has 1 fully saturated rings. The van der Waals surface area contributed by atoms with Gasteiger partial charge in [-0.15, -0.1) is 0 Å². The van der Waals surface area contributed by atoms with Crippen LogP contribution in [0.2, 0.25) is 0 Å². The normalized spacial score (nSPS) is 16.6. The van der Waals surface area contributed by atoms with Gasteiger partial charge in [0.25, 0.3) is 0 Å². The minimum atomic E-state index is -0.0982. The molecular formula is C17H26FNO. The van der Waals surface area contributed by atoms with Crippen LogP contribution in [0, 0.1) is 11.7 Å². The molecule has 1 unspecified atom stereocenters. The van der Waals surface area contributed by atoms with Gasteiger partial charge in [-0.2, -0.15) is 0 Å². The fourth-order valence-corrected chi connectivity index (χ4v) is 2.31. The summed E-state index contributed by atoms with van der Waals surface area (Å²) in [6.07, 6.45) is 3.38. The van der Waals surface area contributed by atoms with Crippen LogP contribution in [0.3, 0.4) is 0 Å². The lowest BCUT2D eigenvalue weighted by molar-refractivity contribution is 0.103. The molecule has 1 atom stereocenters. The molecule has 0 spiro atoms. The molecule has 112 valence electrons. The van der Waals surface area contributed by atoms with Gasteiger partial charge in [-0.05, 0) is 36.8 Å². The van der Waals surface area contributed by atoms with Crippen molar-refractivity contribution >= 4 is 0 Å². The van der Waals surface area contributed by atoms with Crippen molar-refractivity contribution in [1.29, 1.82) is 0 Å². The van der Waals surface area contributed by atoms with Crippen molar-refractivity contribution in [1.82, 2.24) is 5.32 Å². The van der Waals surface area contributed by atoms with Gasteiger partial charge < -0.3 is 10.1 Å². The molecule has 2 nitrogen and oxygen atoms in total. The van der Waals surface area contributed by atoms with E-state index in [4.69, 9.17) is 4.74 Å². The van der Waals surface area contributed by atoms with E-state index >= 15 is 0 Å². The summed E-state index contributed by atoms with van der Waals surface area (Å²) >= 11 is 0. The van der Waals surface area contributed by atoms with Gasteiger partial charge in [0.2, 0.25) is 0 Å². The zero-order chi connectivity index (χ0) is 14.4. The number of rotatable bonds is 9. The van der Waals surface area contributed by atoms with Crippen LogP contribution in [0.5, 0.6) is 0 Å². The molecule has 1 aromatic rings. The first-order valence-corrected chi connectivity index (χ1v) is 7.72. The summed E-state index contributed by atoms with van der Waals surface area (Å²) in [5, 5.41) is 3.51. The zero-order valence-corrected chi connectivity index (χ0v) is 12.6. The van der Waals surface area contributed by atoms with Crippen molar-refractivity contribution in [3.05, 3.63) is 35.6 Å². The highest BCUT2D eigenvalue weighted by molar-refractivity contribution is 5.22. The van der Waals surface area contributed by atoms with E-state index in [0.29, 0.717) is 18.6 Å². The smallest absolute Gasteiger partial charge is 0.126 e. The predicted molar refractivity (Wildman–Crippen MR) is 80.4 cm³/mol. The lowest BCUT2D eigenvalue weighted by Gasteiger charge is -2.19. The van der Waals surface area contributed by atoms with Crippen LogP contribution >= 0.6 is 0 Å². The molecule has 0 radical (unpaired) electrons. The standard InChI is InChI=1S/C17H26FNO/c1-13(2)12-20-10-9-14(11-19-15-7-8-15)16-5-3-4-6-17(16)18/h3-6,13-15,19H,7-12H2,1-2H3. The summed E-state index contributed by atoms with van der Waals surface area (Å²) in [7, 11) is 0. The summed E-state index contributed by atoms with van der Waals surface area (Å²) in [6, 6.07) is 7.77. The lowest BCUT2D eigenvalue weighted by Crippen LogP contribution is -2.25. The Bertz CT molecular complexity index is 404. The first kappa shape index (κ1) is 15.5. The molecule has 20 heavy (non-hydrogen) atoms. The van der Waals surface area contributed by atoms with Crippen molar-refractivity contribution in [2.45, 2.75) is 45.1 Å². The van der Waals surface area contributed by atoms with Gasteiger partial charge in [-0.25, -0.2) is 4.39 Å². The summed E-state index contributed by atoms with van der Waals surface area (Å²) in [4.78, 5) is 0. The van der Waals surface area contributed by atoms with E-state index in [2.05, 4.69) is 19.2 Å². The Morgan fingerprint density at radius 1 is 1.30 bits per heavy atom. The lowest BCUT2D eigenvalue weighted by atomic mass is 9.95. The van der Waals surface area contributed by atoms with Crippen LogP contribution in [0.25, 0.3) is 0 Å². The van der Waals surface area contributed by atoms with Crippen LogP contribution in [0.4, 0.5) is 4.39 Å². The van der Waals surface area contributed by atoms with E-state index in [-0.39, 0.29) is 11.7 Å². The fraction of sp³-hybridized carbons (Fsp3) is 0.647. The largest absolute Gasteiger partial charge is 0.381 e. The van der Waals surface area contributed by atoms with Crippen LogP contribution in [0.15, 0.2) is 24.3 Å². The Hall–Kier alpha value is -0.930. The molecule has 1 N–H and O–H groups in total. The maximum absolute atomic E-state index is 13.9. The summed E-state index contributed by atoms with van der Waals surface area (Å²) in [5.41, 5.74) is 0.814. The van der Waals surface area contributed by atoms with Crippen LogP contribution in [-0.4, -0.2) is 25.8 Å². The molecule has 0 heterocycles. The van der Waals surface area contributed by atoms with E-state index in [1.54, 1.807) is 12.1 Å². The van der Waals surface area contributed by atoms with Gasteiger partial charge in [0.15, 0.2) is 0 Å². The maximum atomic E-state index is 13.9. The maximum Gasteiger partial charge on any atom is 0.126 e. The summed E-state index contributed by atoms with van der Waals surface area (Å²) in [5.74, 6) is 0.648. The van der Waals surface area contributed by atoms with E-state index in [9.17, 15) is 4.39 Å². The average Bonchev–Trinajstić information content (AvgIpc) is 3.23. The third-order valence-corrected chi connectivity index (χ3v) is 3.64. The van der Waals surface area contributed by atoms with Gasteiger partial charge in [0.05, 0.1) is 0 Å². The zero-order valence-electron chi connectivity index (χ0n) is 12.6. The van der Waals surface area contributed by atoms with Crippen molar-refractivity contribution in [3.8, 4) is 0 Å². The van der Waals surface area contributed by atoms with Crippen molar-refractivity contribution < 1.29 is 9.13 Å². The third kappa shape index (κ3) is 5.22. The molecule has 0 amide bonds. The molecule has 1 aromatic carbocycles. The molecule has 3 heteroatoms. The fourth-order valence-electron chi connectivity index (χ4n) is 2.31.